The standard InChI is InChI=1S/C15H17N5O4/c21-14-9-16-7-10(14)8-17-15(22)13-5-6-19(18-13)11-1-3-12(4-2-11)20(23)24/h1-6,10,14,16,21H,7-9H2,(H,17,22). The van der Waals surface area contributed by atoms with E-state index in [4.69, 9.17) is 0 Å². The van der Waals surface area contributed by atoms with E-state index in [1.54, 1.807) is 24.4 Å². The van der Waals surface area contributed by atoms with Gasteiger partial charge in [-0.3, -0.25) is 14.9 Å². The van der Waals surface area contributed by atoms with Crippen molar-refractivity contribution in [3.63, 3.8) is 0 Å². The lowest BCUT2D eigenvalue weighted by atomic mass is 10.1. The van der Waals surface area contributed by atoms with Crippen LogP contribution in [0.15, 0.2) is 36.5 Å². The molecular formula is C15H17N5O4. The Hall–Kier alpha value is -2.78. The molecule has 0 spiro atoms. The Balaban J connectivity index is 1.64. The molecule has 1 aliphatic heterocycles. The van der Waals surface area contributed by atoms with Gasteiger partial charge in [0.1, 0.15) is 0 Å². The number of aliphatic hydroxyl groups excluding tert-OH is 1. The number of rotatable bonds is 5. The number of nitro benzene ring substituents is 1. The smallest absolute Gasteiger partial charge is 0.271 e. The maximum absolute atomic E-state index is 12.1. The van der Waals surface area contributed by atoms with Crippen molar-refractivity contribution < 1.29 is 14.8 Å². The van der Waals surface area contributed by atoms with Crippen LogP contribution in [0.4, 0.5) is 5.69 Å². The maximum Gasteiger partial charge on any atom is 0.271 e. The minimum absolute atomic E-state index is 0.00685. The summed E-state index contributed by atoms with van der Waals surface area (Å²) in [7, 11) is 0. The van der Waals surface area contributed by atoms with E-state index in [0.29, 0.717) is 25.3 Å². The molecular weight excluding hydrogens is 314 g/mol. The number of carbonyl (C=O) groups is 1. The number of nitrogens with one attached hydrogen (secondary N) is 2. The molecule has 1 fully saturated rings. The van der Waals surface area contributed by atoms with Crippen LogP contribution >= 0.6 is 0 Å². The van der Waals surface area contributed by atoms with Crippen LogP contribution in [0.3, 0.4) is 0 Å². The normalized spacial score (nSPS) is 20.0. The molecule has 1 amide bonds. The van der Waals surface area contributed by atoms with E-state index < -0.39 is 11.0 Å². The molecule has 24 heavy (non-hydrogen) atoms. The van der Waals surface area contributed by atoms with Gasteiger partial charge in [0.05, 0.1) is 16.7 Å². The van der Waals surface area contributed by atoms with Crippen LogP contribution in [-0.4, -0.2) is 51.5 Å². The molecule has 3 rings (SSSR count). The summed E-state index contributed by atoms with van der Waals surface area (Å²) in [4.78, 5) is 22.3. The van der Waals surface area contributed by atoms with Gasteiger partial charge in [-0.2, -0.15) is 5.10 Å². The van der Waals surface area contributed by atoms with E-state index in [1.165, 1.54) is 16.8 Å². The molecule has 1 aromatic heterocycles. The van der Waals surface area contributed by atoms with Crippen LogP contribution in [0.25, 0.3) is 5.69 Å². The Morgan fingerprint density at radius 2 is 2.12 bits per heavy atom. The minimum Gasteiger partial charge on any atom is -0.391 e. The minimum atomic E-state index is -0.474. The zero-order valence-corrected chi connectivity index (χ0v) is 12.8. The molecule has 2 unspecified atom stereocenters. The second kappa shape index (κ2) is 6.77. The van der Waals surface area contributed by atoms with Crippen LogP contribution in [0, 0.1) is 16.0 Å². The summed E-state index contributed by atoms with van der Waals surface area (Å²) in [6, 6.07) is 7.46. The molecule has 0 saturated carbocycles. The van der Waals surface area contributed by atoms with Crippen molar-refractivity contribution >= 4 is 11.6 Å². The quantitative estimate of drug-likeness (QED) is 0.527. The van der Waals surface area contributed by atoms with Crippen molar-refractivity contribution in [1.29, 1.82) is 0 Å². The molecule has 9 nitrogen and oxygen atoms in total. The number of aromatic nitrogens is 2. The van der Waals surface area contributed by atoms with Crippen LogP contribution in [0.1, 0.15) is 10.5 Å². The van der Waals surface area contributed by atoms with Gasteiger partial charge < -0.3 is 15.7 Å². The fourth-order valence-corrected chi connectivity index (χ4v) is 2.56. The van der Waals surface area contributed by atoms with E-state index in [0.717, 1.165) is 0 Å². The first-order valence-electron chi connectivity index (χ1n) is 7.52. The second-order valence-electron chi connectivity index (χ2n) is 5.61. The monoisotopic (exact) mass is 331 g/mol. The van der Waals surface area contributed by atoms with Crippen molar-refractivity contribution in [2.45, 2.75) is 6.10 Å². The van der Waals surface area contributed by atoms with Crippen molar-refractivity contribution in [2.75, 3.05) is 19.6 Å². The summed E-state index contributed by atoms with van der Waals surface area (Å²) < 4.78 is 1.48. The van der Waals surface area contributed by atoms with Gasteiger partial charge in [0, 0.05) is 43.9 Å². The fraction of sp³-hybridized carbons (Fsp3) is 0.333. The highest BCUT2D eigenvalue weighted by molar-refractivity contribution is 5.92. The predicted molar refractivity (Wildman–Crippen MR) is 84.9 cm³/mol. The number of benzene rings is 1. The lowest BCUT2D eigenvalue weighted by molar-refractivity contribution is -0.384. The van der Waals surface area contributed by atoms with Crippen molar-refractivity contribution in [3.05, 3.63) is 52.3 Å². The third-order valence-corrected chi connectivity index (χ3v) is 3.98. The molecule has 1 saturated heterocycles. The molecule has 0 aliphatic carbocycles. The Bertz CT molecular complexity index is 743. The molecule has 1 aromatic carbocycles. The SMILES string of the molecule is O=C(NCC1CNCC1O)c1ccn(-c2ccc([N+](=O)[O-])cc2)n1. The number of hydrogen-bond acceptors (Lipinski definition) is 6. The van der Waals surface area contributed by atoms with E-state index in [9.17, 15) is 20.0 Å². The summed E-state index contributed by atoms with van der Waals surface area (Å²) in [6.45, 7) is 1.57. The average molecular weight is 331 g/mol. The summed E-state index contributed by atoms with van der Waals surface area (Å²) in [6.07, 6.45) is 1.16. The summed E-state index contributed by atoms with van der Waals surface area (Å²) in [5, 5.41) is 30.3. The van der Waals surface area contributed by atoms with E-state index in [1.807, 2.05) is 0 Å². The maximum atomic E-state index is 12.1. The summed E-state index contributed by atoms with van der Waals surface area (Å²) >= 11 is 0. The zero-order chi connectivity index (χ0) is 17.1. The van der Waals surface area contributed by atoms with Gasteiger partial charge in [-0.25, -0.2) is 4.68 Å². The van der Waals surface area contributed by atoms with Crippen LogP contribution in [0.5, 0.6) is 0 Å². The number of carbonyl (C=O) groups excluding carboxylic acids is 1. The third kappa shape index (κ3) is 3.42. The van der Waals surface area contributed by atoms with Crippen molar-refractivity contribution in [1.82, 2.24) is 20.4 Å². The molecule has 126 valence electrons. The predicted octanol–water partition coefficient (Wildman–Crippen LogP) is 0.0906. The highest BCUT2D eigenvalue weighted by Crippen LogP contribution is 2.15. The van der Waals surface area contributed by atoms with Gasteiger partial charge in [-0.1, -0.05) is 0 Å². The molecule has 3 N–H and O–H groups in total. The third-order valence-electron chi connectivity index (χ3n) is 3.98. The lowest BCUT2D eigenvalue weighted by Crippen LogP contribution is -2.34. The Kier molecular flexibility index (Phi) is 4.54. The fourth-order valence-electron chi connectivity index (χ4n) is 2.56. The highest BCUT2D eigenvalue weighted by Gasteiger charge is 2.25. The zero-order valence-electron chi connectivity index (χ0n) is 12.8. The first-order valence-corrected chi connectivity index (χ1v) is 7.52. The number of amides is 1. The topological polar surface area (TPSA) is 122 Å². The van der Waals surface area contributed by atoms with Crippen LogP contribution < -0.4 is 10.6 Å². The molecule has 1 aliphatic rings. The van der Waals surface area contributed by atoms with Gasteiger partial charge in [-0.15, -0.1) is 0 Å². The van der Waals surface area contributed by atoms with Crippen LogP contribution in [0.2, 0.25) is 0 Å². The number of nitro groups is 1. The molecule has 2 atom stereocenters. The van der Waals surface area contributed by atoms with Gasteiger partial charge in [0.2, 0.25) is 0 Å². The van der Waals surface area contributed by atoms with E-state index >= 15 is 0 Å². The number of nitrogens with zero attached hydrogens (tertiary/aromatic N) is 3. The van der Waals surface area contributed by atoms with Gasteiger partial charge in [0.15, 0.2) is 5.69 Å². The van der Waals surface area contributed by atoms with Crippen molar-refractivity contribution in [3.8, 4) is 5.69 Å². The number of non-ortho nitro benzene ring substituents is 1. The molecule has 2 aromatic rings. The van der Waals surface area contributed by atoms with Crippen molar-refractivity contribution in [2.24, 2.45) is 5.92 Å². The second-order valence-corrected chi connectivity index (χ2v) is 5.61. The number of hydrogen-bond donors (Lipinski definition) is 3. The first kappa shape index (κ1) is 16.1. The van der Waals surface area contributed by atoms with E-state index in [2.05, 4.69) is 15.7 Å². The van der Waals surface area contributed by atoms with E-state index in [-0.39, 0.29) is 23.2 Å². The van der Waals surface area contributed by atoms with Crippen LogP contribution in [-0.2, 0) is 0 Å². The number of β-amino-alcohol motifs (C(OH)–C–C–N with tert-alkyl or cyclic N) is 1. The molecule has 0 bridgehead atoms. The van der Waals surface area contributed by atoms with Gasteiger partial charge >= 0.3 is 0 Å². The Morgan fingerprint density at radius 1 is 1.38 bits per heavy atom. The largest absolute Gasteiger partial charge is 0.391 e. The Labute approximate surface area is 137 Å². The van der Waals surface area contributed by atoms with Gasteiger partial charge in [0.25, 0.3) is 11.6 Å². The average Bonchev–Trinajstić information content (AvgIpc) is 3.22. The molecule has 9 heteroatoms. The van der Waals surface area contributed by atoms with Gasteiger partial charge in [-0.05, 0) is 18.2 Å². The highest BCUT2D eigenvalue weighted by atomic mass is 16.6. The molecule has 0 radical (unpaired) electrons. The number of aliphatic hydroxyl groups is 1. The summed E-state index contributed by atoms with van der Waals surface area (Å²) in [5.74, 6) is -0.333. The Morgan fingerprint density at radius 3 is 2.75 bits per heavy atom. The molecule has 2 heterocycles. The first-order chi connectivity index (χ1) is 11.5. The lowest BCUT2D eigenvalue weighted by Gasteiger charge is -2.13. The summed E-state index contributed by atoms with van der Waals surface area (Å²) in [5.41, 5.74) is 0.858.